The SMILES string of the molecule is NC(=O)C1CCN1C1CCC(=O)C1. The third kappa shape index (κ3) is 1.46. The number of carbonyl (C=O) groups excluding carboxylic acids is 2. The van der Waals surface area contributed by atoms with Crippen LogP contribution < -0.4 is 5.73 Å². The number of hydrogen-bond donors (Lipinski definition) is 1. The van der Waals surface area contributed by atoms with Crippen LogP contribution in [0.5, 0.6) is 0 Å². The Morgan fingerprint density at radius 2 is 2.23 bits per heavy atom. The maximum atomic E-state index is 11.0. The Labute approximate surface area is 77.1 Å². The average Bonchev–Trinajstić information content (AvgIpc) is 2.32. The minimum Gasteiger partial charge on any atom is -0.368 e. The first-order valence-corrected chi connectivity index (χ1v) is 4.75. The van der Waals surface area contributed by atoms with Crippen molar-refractivity contribution >= 4 is 11.7 Å². The van der Waals surface area contributed by atoms with Crippen molar-refractivity contribution in [3.05, 3.63) is 0 Å². The number of carbonyl (C=O) groups is 2. The molecule has 1 saturated carbocycles. The van der Waals surface area contributed by atoms with Crippen molar-refractivity contribution in [2.45, 2.75) is 37.8 Å². The van der Waals surface area contributed by atoms with Gasteiger partial charge < -0.3 is 5.73 Å². The predicted octanol–water partition coefficient (Wildman–Crippen LogP) is -0.332. The molecule has 1 amide bonds. The first-order valence-electron chi connectivity index (χ1n) is 4.75. The van der Waals surface area contributed by atoms with E-state index in [9.17, 15) is 9.59 Å². The van der Waals surface area contributed by atoms with Crippen LogP contribution in [-0.4, -0.2) is 35.2 Å². The summed E-state index contributed by atoms with van der Waals surface area (Å²) in [6, 6.07) is 0.189. The molecule has 2 fully saturated rings. The van der Waals surface area contributed by atoms with Gasteiger partial charge in [0.15, 0.2) is 0 Å². The van der Waals surface area contributed by atoms with Crippen LogP contribution >= 0.6 is 0 Å². The molecule has 2 N–H and O–H groups in total. The molecule has 4 nitrogen and oxygen atoms in total. The second-order valence-corrected chi connectivity index (χ2v) is 3.88. The van der Waals surface area contributed by atoms with Crippen LogP contribution in [0.25, 0.3) is 0 Å². The summed E-state index contributed by atoms with van der Waals surface area (Å²) in [5.74, 6) is 0.0747. The van der Waals surface area contributed by atoms with Gasteiger partial charge in [-0.3, -0.25) is 14.5 Å². The van der Waals surface area contributed by atoms with Gasteiger partial charge in [-0.15, -0.1) is 0 Å². The fourth-order valence-electron chi connectivity index (χ4n) is 2.23. The molecular weight excluding hydrogens is 168 g/mol. The number of hydrogen-bond acceptors (Lipinski definition) is 3. The molecule has 0 radical (unpaired) electrons. The van der Waals surface area contributed by atoms with E-state index in [1.807, 2.05) is 0 Å². The van der Waals surface area contributed by atoms with E-state index in [0.29, 0.717) is 24.7 Å². The summed E-state index contributed by atoms with van der Waals surface area (Å²) in [4.78, 5) is 24.0. The van der Waals surface area contributed by atoms with E-state index < -0.39 is 0 Å². The molecule has 0 spiro atoms. The summed E-state index contributed by atoms with van der Waals surface area (Å²) in [7, 11) is 0. The predicted molar refractivity (Wildman–Crippen MR) is 47.0 cm³/mol. The van der Waals surface area contributed by atoms with Crippen molar-refractivity contribution in [3.8, 4) is 0 Å². The van der Waals surface area contributed by atoms with E-state index in [4.69, 9.17) is 5.73 Å². The highest BCUT2D eigenvalue weighted by molar-refractivity contribution is 5.83. The lowest BCUT2D eigenvalue weighted by Crippen LogP contribution is -2.58. The summed E-state index contributed by atoms with van der Waals surface area (Å²) < 4.78 is 0. The fraction of sp³-hybridized carbons (Fsp3) is 0.778. The van der Waals surface area contributed by atoms with E-state index in [2.05, 4.69) is 4.90 Å². The van der Waals surface area contributed by atoms with Crippen LogP contribution in [0, 0.1) is 0 Å². The summed E-state index contributed by atoms with van der Waals surface area (Å²) in [6.45, 7) is 0.922. The molecule has 1 heterocycles. The highest BCUT2D eigenvalue weighted by Crippen LogP contribution is 2.28. The molecule has 0 aromatic heterocycles. The van der Waals surface area contributed by atoms with Gasteiger partial charge in [0.25, 0.3) is 0 Å². The van der Waals surface area contributed by atoms with Crippen LogP contribution in [0.2, 0.25) is 0 Å². The molecule has 0 aromatic rings. The molecule has 4 heteroatoms. The lowest BCUT2D eigenvalue weighted by Gasteiger charge is -2.42. The number of amides is 1. The molecule has 0 bridgehead atoms. The summed E-state index contributed by atoms with van der Waals surface area (Å²) in [6.07, 6.45) is 3.05. The standard InChI is InChI=1S/C9H14N2O2/c10-9(13)8-3-4-11(8)6-1-2-7(12)5-6/h6,8H,1-5H2,(H2,10,13). The minimum atomic E-state index is -0.245. The van der Waals surface area contributed by atoms with Crippen LogP contribution in [0.3, 0.4) is 0 Å². The fourth-order valence-corrected chi connectivity index (χ4v) is 2.23. The van der Waals surface area contributed by atoms with Crippen LogP contribution in [-0.2, 0) is 9.59 Å². The number of rotatable bonds is 2. The second-order valence-electron chi connectivity index (χ2n) is 3.88. The zero-order valence-corrected chi connectivity index (χ0v) is 7.53. The van der Waals surface area contributed by atoms with Crippen molar-refractivity contribution in [1.82, 2.24) is 4.90 Å². The van der Waals surface area contributed by atoms with Crippen molar-refractivity contribution in [1.29, 1.82) is 0 Å². The Hall–Kier alpha value is -0.900. The topological polar surface area (TPSA) is 63.4 Å². The molecule has 2 unspecified atom stereocenters. The Morgan fingerprint density at radius 3 is 2.62 bits per heavy atom. The number of nitrogens with zero attached hydrogens (tertiary/aromatic N) is 1. The average molecular weight is 182 g/mol. The maximum absolute atomic E-state index is 11.0. The third-order valence-corrected chi connectivity index (χ3v) is 3.08. The number of Topliss-reactive ketones (excluding diaryl/α,β-unsaturated/α-hetero) is 1. The number of nitrogens with two attached hydrogens (primary N) is 1. The Balaban J connectivity index is 1.95. The number of primary amides is 1. The van der Waals surface area contributed by atoms with E-state index in [-0.39, 0.29) is 11.9 Å². The van der Waals surface area contributed by atoms with Gasteiger partial charge in [-0.2, -0.15) is 0 Å². The molecule has 0 aromatic carbocycles. The van der Waals surface area contributed by atoms with Gasteiger partial charge in [0.2, 0.25) is 5.91 Å². The van der Waals surface area contributed by atoms with Crippen molar-refractivity contribution in [2.75, 3.05) is 6.54 Å². The lowest BCUT2D eigenvalue weighted by atomic mass is 9.98. The summed E-state index contributed by atoms with van der Waals surface area (Å²) >= 11 is 0. The third-order valence-electron chi connectivity index (χ3n) is 3.08. The second kappa shape index (κ2) is 3.10. The van der Waals surface area contributed by atoms with Crippen LogP contribution in [0.1, 0.15) is 25.7 Å². The molecule has 72 valence electrons. The van der Waals surface area contributed by atoms with E-state index in [1.165, 1.54) is 0 Å². The van der Waals surface area contributed by atoms with Crippen molar-refractivity contribution in [2.24, 2.45) is 5.73 Å². The molecular formula is C9H14N2O2. The highest BCUT2D eigenvalue weighted by atomic mass is 16.1. The molecule has 2 rings (SSSR count). The van der Waals surface area contributed by atoms with Crippen molar-refractivity contribution in [3.63, 3.8) is 0 Å². The van der Waals surface area contributed by atoms with Gasteiger partial charge in [0.1, 0.15) is 5.78 Å². The maximum Gasteiger partial charge on any atom is 0.234 e. The zero-order chi connectivity index (χ0) is 9.42. The number of ketones is 1. The van der Waals surface area contributed by atoms with Gasteiger partial charge in [0.05, 0.1) is 6.04 Å². The van der Waals surface area contributed by atoms with Crippen molar-refractivity contribution < 1.29 is 9.59 Å². The van der Waals surface area contributed by atoms with E-state index >= 15 is 0 Å². The zero-order valence-electron chi connectivity index (χ0n) is 7.53. The molecule has 2 aliphatic rings. The quantitative estimate of drug-likeness (QED) is 0.636. The van der Waals surface area contributed by atoms with Gasteiger partial charge in [-0.1, -0.05) is 0 Å². The molecule has 1 saturated heterocycles. The first-order chi connectivity index (χ1) is 6.18. The van der Waals surface area contributed by atoms with Crippen LogP contribution in [0.15, 0.2) is 0 Å². The highest BCUT2D eigenvalue weighted by Gasteiger charge is 2.39. The largest absolute Gasteiger partial charge is 0.368 e. The van der Waals surface area contributed by atoms with Crippen LogP contribution in [0.4, 0.5) is 0 Å². The molecule has 1 aliphatic heterocycles. The summed E-state index contributed by atoms with van der Waals surface area (Å²) in [5, 5.41) is 0. The van der Waals surface area contributed by atoms with E-state index in [0.717, 1.165) is 19.4 Å². The smallest absolute Gasteiger partial charge is 0.234 e. The van der Waals surface area contributed by atoms with Gasteiger partial charge in [0, 0.05) is 25.4 Å². The lowest BCUT2D eigenvalue weighted by molar-refractivity contribution is -0.130. The Morgan fingerprint density at radius 1 is 1.46 bits per heavy atom. The molecule has 1 aliphatic carbocycles. The number of likely N-dealkylation sites (tertiary alicyclic amines) is 1. The Bertz CT molecular complexity index is 252. The Kier molecular flexibility index (Phi) is 2.07. The minimum absolute atomic E-state index is 0.101. The molecule has 2 atom stereocenters. The van der Waals surface area contributed by atoms with Gasteiger partial charge in [-0.05, 0) is 12.8 Å². The van der Waals surface area contributed by atoms with E-state index in [1.54, 1.807) is 0 Å². The van der Waals surface area contributed by atoms with Gasteiger partial charge in [-0.25, -0.2) is 0 Å². The first kappa shape index (κ1) is 8.69. The molecule has 13 heavy (non-hydrogen) atoms. The normalized spacial score (nSPS) is 34.6. The van der Waals surface area contributed by atoms with Gasteiger partial charge >= 0.3 is 0 Å². The monoisotopic (exact) mass is 182 g/mol. The summed E-state index contributed by atoms with van der Waals surface area (Å²) in [5.41, 5.74) is 5.22.